The predicted octanol–water partition coefficient (Wildman–Crippen LogP) is 4.96. The van der Waals surface area contributed by atoms with Crippen LogP contribution in [-0.4, -0.2) is 9.55 Å². The van der Waals surface area contributed by atoms with Crippen molar-refractivity contribution in [3.05, 3.63) is 22.5 Å². The van der Waals surface area contributed by atoms with E-state index in [2.05, 4.69) is 4.98 Å². The van der Waals surface area contributed by atoms with E-state index < -0.39 is 16.8 Å². The summed E-state index contributed by atoms with van der Waals surface area (Å²) in [6, 6.07) is 1.10. The van der Waals surface area contributed by atoms with E-state index in [-0.39, 0.29) is 17.2 Å². The zero-order valence-corrected chi connectivity index (χ0v) is 12.8. The zero-order valence-electron chi connectivity index (χ0n) is 12.1. The SMILES string of the molecule is CCC(CC)n1c(C)nc2cc(C(F)(F)F)c(Cl)c(N)c21. The summed E-state index contributed by atoms with van der Waals surface area (Å²) < 4.78 is 40.8. The fourth-order valence-electron chi connectivity index (χ4n) is 2.69. The van der Waals surface area contributed by atoms with E-state index >= 15 is 0 Å². The van der Waals surface area contributed by atoms with Crippen LogP contribution in [0.1, 0.15) is 44.1 Å². The van der Waals surface area contributed by atoms with E-state index in [9.17, 15) is 13.2 Å². The third-order valence-corrected chi connectivity index (χ3v) is 4.14. The first-order chi connectivity index (χ1) is 9.72. The van der Waals surface area contributed by atoms with Crippen LogP contribution in [0.3, 0.4) is 0 Å². The molecule has 0 aliphatic carbocycles. The third-order valence-electron chi connectivity index (χ3n) is 3.74. The van der Waals surface area contributed by atoms with E-state index in [4.69, 9.17) is 17.3 Å². The Labute approximate surface area is 125 Å². The minimum Gasteiger partial charge on any atom is -0.396 e. The number of rotatable bonds is 3. The van der Waals surface area contributed by atoms with Gasteiger partial charge < -0.3 is 10.3 Å². The van der Waals surface area contributed by atoms with Crippen molar-refractivity contribution in [1.29, 1.82) is 0 Å². The number of alkyl halides is 3. The minimum atomic E-state index is -4.55. The molecule has 0 aliphatic rings. The molecule has 7 heteroatoms. The Hall–Kier alpha value is -1.43. The molecule has 2 aromatic rings. The Morgan fingerprint density at radius 3 is 2.38 bits per heavy atom. The van der Waals surface area contributed by atoms with Gasteiger partial charge in [0.1, 0.15) is 5.82 Å². The van der Waals surface area contributed by atoms with Gasteiger partial charge in [-0.1, -0.05) is 25.4 Å². The lowest BCUT2D eigenvalue weighted by Gasteiger charge is -2.19. The van der Waals surface area contributed by atoms with Gasteiger partial charge in [0.2, 0.25) is 0 Å². The van der Waals surface area contributed by atoms with Crippen molar-refractivity contribution in [3.8, 4) is 0 Å². The van der Waals surface area contributed by atoms with Gasteiger partial charge in [-0.3, -0.25) is 0 Å². The van der Waals surface area contributed by atoms with Gasteiger partial charge in [-0.05, 0) is 25.8 Å². The number of nitrogens with zero attached hydrogens (tertiary/aromatic N) is 2. The van der Waals surface area contributed by atoms with E-state index in [1.165, 1.54) is 0 Å². The highest BCUT2D eigenvalue weighted by Gasteiger charge is 2.35. The van der Waals surface area contributed by atoms with Crippen molar-refractivity contribution in [3.63, 3.8) is 0 Å². The summed E-state index contributed by atoms with van der Waals surface area (Å²) in [6.45, 7) is 5.79. The number of anilines is 1. The molecule has 1 aromatic carbocycles. The molecule has 0 atom stereocenters. The Bertz CT molecular complexity index is 672. The standard InChI is InChI=1S/C14H17ClF3N3/c1-4-8(5-2)21-7(3)20-10-6-9(14(16,17)18)11(15)12(19)13(10)21/h6,8H,4-5,19H2,1-3H3. The highest BCUT2D eigenvalue weighted by molar-refractivity contribution is 6.35. The second-order valence-electron chi connectivity index (χ2n) is 5.02. The summed E-state index contributed by atoms with van der Waals surface area (Å²) in [5.74, 6) is 0.640. The Balaban J connectivity index is 2.82. The molecule has 0 fully saturated rings. The van der Waals surface area contributed by atoms with Gasteiger partial charge >= 0.3 is 6.18 Å². The van der Waals surface area contributed by atoms with Crippen molar-refractivity contribution >= 4 is 28.3 Å². The van der Waals surface area contributed by atoms with Crippen LogP contribution < -0.4 is 5.73 Å². The molecular formula is C14H17ClF3N3. The lowest BCUT2D eigenvalue weighted by Crippen LogP contribution is -2.11. The van der Waals surface area contributed by atoms with Crippen LogP contribution >= 0.6 is 11.6 Å². The van der Waals surface area contributed by atoms with Crippen molar-refractivity contribution in [2.45, 2.75) is 45.8 Å². The van der Waals surface area contributed by atoms with E-state index in [1.54, 1.807) is 6.92 Å². The van der Waals surface area contributed by atoms with Crippen LogP contribution in [0, 0.1) is 6.92 Å². The molecule has 0 saturated heterocycles. The summed E-state index contributed by atoms with van der Waals surface area (Å²) >= 11 is 5.84. The van der Waals surface area contributed by atoms with Gasteiger partial charge in [0, 0.05) is 6.04 Å². The molecule has 0 unspecified atom stereocenters. The zero-order chi connectivity index (χ0) is 15.9. The first kappa shape index (κ1) is 15.9. The van der Waals surface area contributed by atoms with E-state index in [1.807, 2.05) is 18.4 Å². The summed E-state index contributed by atoms with van der Waals surface area (Å²) in [5, 5.41) is -0.456. The molecule has 116 valence electrons. The molecular weight excluding hydrogens is 303 g/mol. The number of hydrogen-bond donors (Lipinski definition) is 1. The second kappa shape index (κ2) is 5.40. The maximum absolute atomic E-state index is 13.0. The highest BCUT2D eigenvalue weighted by Crippen LogP contribution is 2.42. The molecule has 1 aromatic heterocycles. The van der Waals surface area contributed by atoms with Crippen LogP contribution in [0.2, 0.25) is 5.02 Å². The third kappa shape index (κ3) is 2.57. The second-order valence-corrected chi connectivity index (χ2v) is 5.39. The smallest absolute Gasteiger partial charge is 0.396 e. The van der Waals surface area contributed by atoms with Gasteiger partial charge in [0.15, 0.2) is 0 Å². The van der Waals surface area contributed by atoms with Crippen molar-refractivity contribution in [1.82, 2.24) is 9.55 Å². The number of nitrogens with two attached hydrogens (primary N) is 1. The molecule has 3 nitrogen and oxygen atoms in total. The normalized spacial score (nSPS) is 12.6. The van der Waals surface area contributed by atoms with Crippen LogP contribution in [0.5, 0.6) is 0 Å². The molecule has 2 rings (SSSR count). The fourth-order valence-corrected chi connectivity index (χ4v) is 2.94. The Kier molecular flexibility index (Phi) is 4.10. The number of aryl methyl sites for hydroxylation is 1. The van der Waals surface area contributed by atoms with E-state index in [0.29, 0.717) is 11.3 Å². The van der Waals surface area contributed by atoms with Gasteiger partial charge in [-0.25, -0.2) is 4.98 Å². The first-order valence-corrected chi connectivity index (χ1v) is 7.13. The van der Waals surface area contributed by atoms with E-state index in [0.717, 1.165) is 18.9 Å². The molecule has 1 heterocycles. The largest absolute Gasteiger partial charge is 0.418 e. The molecule has 21 heavy (non-hydrogen) atoms. The average molecular weight is 320 g/mol. The van der Waals surface area contributed by atoms with Crippen LogP contribution in [-0.2, 0) is 6.18 Å². The summed E-state index contributed by atoms with van der Waals surface area (Å²) in [5.41, 5.74) is 5.60. The van der Waals surface area contributed by atoms with Gasteiger partial charge in [-0.15, -0.1) is 0 Å². The summed E-state index contributed by atoms with van der Waals surface area (Å²) in [7, 11) is 0. The Morgan fingerprint density at radius 2 is 1.90 bits per heavy atom. The summed E-state index contributed by atoms with van der Waals surface area (Å²) in [4.78, 5) is 4.23. The van der Waals surface area contributed by atoms with Gasteiger partial charge in [-0.2, -0.15) is 13.2 Å². The van der Waals surface area contributed by atoms with Crippen LogP contribution in [0.4, 0.5) is 18.9 Å². The number of aromatic nitrogens is 2. The van der Waals surface area contributed by atoms with Crippen molar-refractivity contribution in [2.75, 3.05) is 5.73 Å². The number of halogens is 4. The highest BCUT2D eigenvalue weighted by atomic mass is 35.5. The molecule has 0 bridgehead atoms. The minimum absolute atomic E-state index is 0.0611. The monoisotopic (exact) mass is 319 g/mol. The molecule has 0 spiro atoms. The quantitative estimate of drug-likeness (QED) is 0.812. The number of fused-ring (bicyclic) bond motifs is 1. The number of benzene rings is 1. The molecule has 0 amide bonds. The number of imidazole rings is 1. The Morgan fingerprint density at radius 1 is 1.33 bits per heavy atom. The number of nitrogen functional groups attached to an aromatic ring is 1. The number of hydrogen-bond acceptors (Lipinski definition) is 2. The lowest BCUT2D eigenvalue weighted by atomic mass is 10.1. The molecule has 0 aliphatic heterocycles. The maximum Gasteiger partial charge on any atom is 0.418 e. The van der Waals surface area contributed by atoms with Gasteiger partial charge in [0.25, 0.3) is 0 Å². The fraction of sp³-hybridized carbons (Fsp3) is 0.500. The summed E-state index contributed by atoms with van der Waals surface area (Å²) in [6.07, 6.45) is -2.88. The lowest BCUT2D eigenvalue weighted by molar-refractivity contribution is -0.137. The topological polar surface area (TPSA) is 43.8 Å². The average Bonchev–Trinajstić information content (AvgIpc) is 2.71. The molecule has 0 saturated carbocycles. The van der Waals surface area contributed by atoms with Gasteiger partial charge in [0.05, 0.1) is 27.3 Å². The van der Waals surface area contributed by atoms with Crippen LogP contribution in [0.15, 0.2) is 6.07 Å². The van der Waals surface area contributed by atoms with Crippen molar-refractivity contribution in [2.24, 2.45) is 0 Å². The predicted molar refractivity (Wildman–Crippen MR) is 78.5 cm³/mol. The first-order valence-electron chi connectivity index (χ1n) is 6.76. The molecule has 0 radical (unpaired) electrons. The van der Waals surface area contributed by atoms with Crippen LogP contribution in [0.25, 0.3) is 11.0 Å². The molecule has 2 N–H and O–H groups in total. The van der Waals surface area contributed by atoms with Crippen molar-refractivity contribution < 1.29 is 13.2 Å². The maximum atomic E-state index is 13.0.